The molecule has 0 aromatic heterocycles. The number of nitrogens with two attached hydrogens (primary N) is 2. The van der Waals surface area contributed by atoms with Crippen molar-refractivity contribution in [3.63, 3.8) is 0 Å². The summed E-state index contributed by atoms with van der Waals surface area (Å²) >= 11 is 12.3. The van der Waals surface area contributed by atoms with Crippen LogP contribution in [0.15, 0.2) is 36.4 Å². The average molecular weight is 306 g/mol. The Balaban J connectivity index is 2.37. The van der Waals surface area contributed by atoms with Gasteiger partial charge < -0.3 is 11.5 Å². The fraction of sp³-hybridized carbons (Fsp3) is 0.133. The molecule has 4 N–H and O–H groups in total. The van der Waals surface area contributed by atoms with Gasteiger partial charge in [-0.05, 0) is 53.9 Å². The summed E-state index contributed by atoms with van der Waals surface area (Å²) < 4.78 is 0. The summed E-state index contributed by atoms with van der Waals surface area (Å²) in [5.74, 6) is -0.426. The summed E-state index contributed by atoms with van der Waals surface area (Å²) in [6.07, 6.45) is 0.434. The normalized spacial score (nSPS) is 11.8. The highest BCUT2D eigenvalue weighted by atomic mass is 35.5. The second kappa shape index (κ2) is 6.04. The van der Waals surface area contributed by atoms with Crippen LogP contribution in [0.25, 0.3) is 0 Å². The van der Waals surface area contributed by atoms with Gasteiger partial charge in [-0.25, -0.2) is 0 Å². The van der Waals surface area contributed by atoms with Crippen LogP contribution in [-0.2, 0) is 6.42 Å². The molecule has 1 unspecified atom stereocenters. The summed E-state index contributed by atoms with van der Waals surface area (Å²) in [5.41, 5.74) is 14.2. The van der Waals surface area contributed by atoms with Gasteiger partial charge in [0.1, 0.15) is 0 Å². The SMILES string of the molecule is N#CC(Cc1cc(N)ccc1Cl)c1cc(N)ccc1Cl. The van der Waals surface area contributed by atoms with Crippen molar-refractivity contribution in [2.24, 2.45) is 0 Å². The number of rotatable bonds is 3. The topological polar surface area (TPSA) is 75.8 Å². The van der Waals surface area contributed by atoms with Gasteiger partial charge in [0.05, 0.1) is 12.0 Å². The fourth-order valence-corrected chi connectivity index (χ4v) is 2.47. The number of nitrogen functional groups attached to an aromatic ring is 2. The van der Waals surface area contributed by atoms with E-state index in [9.17, 15) is 5.26 Å². The van der Waals surface area contributed by atoms with Crippen LogP contribution in [0, 0.1) is 11.3 Å². The Kier molecular flexibility index (Phi) is 4.39. The molecule has 0 saturated carbocycles. The van der Waals surface area contributed by atoms with Gasteiger partial charge in [-0.2, -0.15) is 5.26 Å². The molecular weight excluding hydrogens is 293 g/mol. The maximum atomic E-state index is 9.39. The van der Waals surface area contributed by atoms with Crippen molar-refractivity contribution in [1.29, 1.82) is 5.26 Å². The number of hydrogen-bond donors (Lipinski definition) is 2. The summed E-state index contributed by atoms with van der Waals surface area (Å²) in [4.78, 5) is 0. The molecule has 0 heterocycles. The maximum absolute atomic E-state index is 9.39. The Bertz CT molecular complexity index is 677. The highest BCUT2D eigenvalue weighted by Gasteiger charge is 2.17. The Morgan fingerprint density at radius 3 is 2.25 bits per heavy atom. The first-order valence-electron chi connectivity index (χ1n) is 5.99. The predicted molar refractivity (Wildman–Crippen MR) is 83.8 cm³/mol. The lowest BCUT2D eigenvalue weighted by molar-refractivity contribution is 0.850. The maximum Gasteiger partial charge on any atom is 0.0768 e. The zero-order valence-electron chi connectivity index (χ0n) is 10.6. The van der Waals surface area contributed by atoms with Crippen molar-refractivity contribution in [1.82, 2.24) is 0 Å². The van der Waals surface area contributed by atoms with E-state index >= 15 is 0 Å². The first-order chi connectivity index (χ1) is 9.51. The van der Waals surface area contributed by atoms with E-state index < -0.39 is 5.92 Å². The molecule has 0 aliphatic carbocycles. The smallest absolute Gasteiger partial charge is 0.0768 e. The summed E-state index contributed by atoms with van der Waals surface area (Å²) in [5, 5.41) is 10.5. The monoisotopic (exact) mass is 305 g/mol. The molecule has 2 aromatic carbocycles. The van der Waals surface area contributed by atoms with E-state index in [0.29, 0.717) is 33.4 Å². The lowest BCUT2D eigenvalue weighted by Gasteiger charge is -2.13. The molecule has 1 atom stereocenters. The zero-order valence-corrected chi connectivity index (χ0v) is 12.1. The van der Waals surface area contributed by atoms with Gasteiger partial charge in [0.2, 0.25) is 0 Å². The number of anilines is 2. The molecule has 0 spiro atoms. The largest absolute Gasteiger partial charge is 0.399 e. The molecule has 2 aromatic rings. The molecule has 2 rings (SSSR count). The standard InChI is InChI=1S/C15H13Cl2N3/c16-14-3-1-11(19)6-9(14)5-10(8-18)13-7-12(20)2-4-15(13)17/h1-4,6-7,10H,5,19-20H2. The second-order valence-corrected chi connectivity index (χ2v) is 5.33. The molecule has 5 heteroatoms. The van der Waals surface area contributed by atoms with Crippen LogP contribution in [0.4, 0.5) is 11.4 Å². The minimum absolute atomic E-state index is 0.426. The van der Waals surface area contributed by atoms with E-state index in [1.54, 1.807) is 36.4 Å². The Morgan fingerprint density at radius 2 is 1.60 bits per heavy atom. The van der Waals surface area contributed by atoms with Gasteiger partial charge in [0.25, 0.3) is 0 Å². The zero-order chi connectivity index (χ0) is 14.7. The highest BCUT2D eigenvalue weighted by Crippen LogP contribution is 2.31. The van der Waals surface area contributed by atoms with Crippen molar-refractivity contribution < 1.29 is 0 Å². The van der Waals surface area contributed by atoms with Crippen molar-refractivity contribution >= 4 is 34.6 Å². The van der Waals surface area contributed by atoms with Crippen LogP contribution in [0.2, 0.25) is 10.0 Å². The van der Waals surface area contributed by atoms with Gasteiger partial charge in [-0.3, -0.25) is 0 Å². The fourth-order valence-electron chi connectivity index (χ4n) is 2.03. The summed E-state index contributed by atoms with van der Waals surface area (Å²) in [7, 11) is 0. The molecule has 0 radical (unpaired) electrons. The Labute approximate surface area is 127 Å². The second-order valence-electron chi connectivity index (χ2n) is 4.52. The van der Waals surface area contributed by atoms with Crippen LogP contribution in [-0.4, -0.2) is 0 Å². The van der Waals surface area contributed by atoms with E-state index in [2.05, 4.69) is 6.07 Å². The predicted octanol–water partition coefficient (Wildman–Crippen LogP) is 4.01. The molecule has 0 aliphatic heterocycles. The summed E-state index contributed by atoms with van der Waals surface area (Å²) in [6.45, 7) is 0. The van der Waals surface area contributed by atoms with E-state index in [1.807, 2.05) is 0 Å². The van der Waals surface area contributed by atoms with Crippen LogP contribution in [0.5, 0.6) is 0 Å². The molecule has 102 valence electrons. The van der Waals surface area contributed by atoms with Crippen LogP contribution in [0.3, 0.4) is 0 Å². The minimum atomic E-state index is -0.426. The van der Waals surface area contributed by atoms with Gasteiger partial charge in [0.15, 0.2) is 0 Å². The molecule has 0 saturated heterocycles. The van der Waals surface area contributed by atoms with Crippen molar-refractivity contribution in [3.8, 4) is 6.07 Å². The number of nitriles is 1. The minimum Gasteiger partial charge on any atom is -0.399 e. The highest BCUT2D eigenvalue weighted by molar-refractivity contribution is 6.32. The first kappa shape index (κ1) is 14.5. The number of nitrogens with zero attached hydrogens (tertiary/aromatic N) is 1. The third kappa shape index (κ3) is 3.16. The quantitative estimate of drug-likeness (QED) is 0.841. The lowest BCUT2D eigenvalue weighted by Crippen LogP contribution is -2.03. The number of benzene rings is 2. The van der Waals surface area contributed by atoms with Crippen molar-refractivity contribution in [2.45, 2.75) is 12.3 Å². The summed E-state index contributed by atoms with van der Waals surface area (Å²) in [6, 6.07) is 12.6. The van der Waals surface area contributed by atoms with Gasteiger partial charge in [-0.1, -0.05) is 23.2 Å². The Hall–Kier alpha value is -1.89. The van der Waals surface area contributed by atoms with E-state index in [0.717, 1.165) is 5.56 Å². The van der Waals surface area contributed by atoms with Crippen molar-refractivity contribution in [2.75, 3.05) is 11.5 Å². The van der Waals surface area contributed by atoms with E-state index in [-0.39, 0.29) is 0 Å². The average Bonchev–Trinajstić information content (AvgIpc) is 2.42. The number of halogens is 2. The van der Waals surface area contributed by atoms with E-state index in [1.165, 1.54) is 0 Å². The van der Waals surface area contributed by atoms with Crippen molar-refractivity contribution in [3.05, 3.63) is 57.6 Å². The molecule has 0 amide bonds. The Morgan fingerprint density at radius 1 is 1.00 bits per heavy atom. The number of hydrogen-bond acceptors (Lipinski definition) is 3. The van der Waals surface area contributed by atoms with Crippen LogP contribution < -0.4 is 11.5 Å². The first-order valence-corrected chi connectivity index (χ1v) is 6.75. The lowest BCUT2D eigenvalue weighted by atomic mass is 9.92. The van der Waals surface area contributed by atoms with E-state index in [4.69, 9.17) is 34.7 Å². The van der Waals surface area contributed by atoms with Gasteiger partial charge in [-0.15, -0.1) is 0 Å². The third-order valence-electron chi connectivity index (χ3n) is 3.05. The molecule has 0 bridgehead atoms. The van der Waals surface area contributed by atoms with Gasteiger partial charge in [0, 0.05) is 21.4 Å². The molecular formula is C15H13Cl2N3. The molecule has 0 aliphatic rings. The molecule has 3 nitrogen and oxygen atoms in total. The molecule has 0 fully saturated rings. The third-order valence-corrected chi connectivity index (χ3v) is 3.76. The van der Waals surface area contributed by atoms with Crippen LogP contribution >= 0.6 is 23.2 Å². The molecule has 20 heavy (non-hydrogen) atoms. The van der Waals surface area contributed by atoms with Crippen LogP contribution in [0.1, 0.15) is 17.0 Å². The van der Waals surface area contributed by atoms with Gasteiger partial charge >= 0.3 is 0 Å².